The number of aryl methyl sites for hydroxylation is 1. The van der Waals surface area contributed by atoms with Crippen LogP contribution in [0.1, 0.15) is 33.3 Å². The lowest BCUT2D eigenvalue weighted by Crippen LogP contribution is -2.50. The molecule has 120 valence electrons. The highest BCUT2D eigenvalue weighted by atomic mass is 32.1. The van der Waals surface area contributed by atoms with E-state index in [0.29, 0.717) is 11.3 Å². The third-order valence-electron chi connectivity index (χ3n) is 3.79. The van der Waals surface area contributed by atoms with Crippen molar-refractivity contribution in [1.82, 2.24) is 21.7 Å². The van der Waals surface area contributed by atoms with E-state index in [1.807, 2.05) is 48.7 Å². The first-order valence-electron chi connectivity index (χ1n) is 7.35. The van der Waals surface area contributed by atoms with Crippen molar-refractivity contribution in [3.05, 3.63) is 57.8 Å². The minimum absolute atomic E-state index is 0.0715. The maximum absolute atomic E-state index is 12.2. The van der Waals surface area contributed by atoms with Crippen molar-refractivity contribution in [2.24, 2.45) is 0 Å². The zero-order valence-electron chi connectivity index (χ0n) is 12.6. The molecule has 1 fully saturated rings. The number of carbonyl (C=O) groups is 2. The molecule has 0 aliphatic carbocycles. The quantitative estimate of drug-likeness (QED) is 0.642. The molecule has 1 aromatic carbocycles. The molecule has 1 aliphatic heterocycles. The summed E-state index contributed by atoms with van der Waals surface area (Å²) in [6.07, 6.45) is 0.615. The molecule has 0 radical (unpaired) electrons. The van der Waals surface area contributed by atoms with Crippen LogP contribution in [0.2, 0.25) is 0 Å². The van der Waals surface area contributed by atoms with Gasteiger partial charge in [0.1, 0.15) is 6.04 Å². The van der Waals surface area contributed by atoms with Gasteiger partial charge in [0.25, 0.3) is 11.8 Å². The Bertz CT molecular complexity index is 701. The van der Waals surface area contributed by atoms with E-state index in [1.165, 1.54) is 11.3 Å². The van der Waals surface area contributed by atoms with Crippen molar-refractivity contribution in [3.8, 4) is 0 Å². The van der Waals surface area contributed by atoms with E-state index in [-0.39, 0.29) is 17.9 Å². The van der Waals surface area contributed by atoms with Crippen LogP contribution in [-0.4, -0.2) is 17.9 Å². The first-order chi connectivity index (χ1) is 11.1. The summed E-state index contributed by atoms with van der Waals surface area (Å²) in [7, 11) is 0. The minimum Gasteiger partial charge on any atom is -0.271 e. The van der Waals surface area contributed by atoms with Gasteiger partial charge in [0, 0.05) is 6.04 Å². The summed E-state index contributed by atoms with van der Waals surface area (Å²) in [5.74, 6) is -0.560. The van der Waals surface area contributed by atoms with Gasteiger partial charge in [-0.1, -0.05) is 30.3 Å². The lowest BCUT2D eigenvalue weighted by Gasteiger charge is -2.11. The third-order valence-corrected chi connectivity index (χ3v) is 4.80. The molecule has 2 aromatic rings. The molecular formula is C16H18N4O2S. The zero-order chi connectivity index (χ0) is 16.2. The number of amides is 2. The molecule has 4 N–H and O–H groups in total. The van der Waals surface area contributed by atoms with E-state index >= 15 is 0 Å². The topological polar surface area (TPSA) is 82.3 Å². The third kappa shape index (κ3) is 3.58. The molecule has 2 unspecified atom stereocenters. The van der Waals surface area contributed by atoms with Gasteiger partial charge in [0.2, 0.25) is 0 Å². The fourth-order valence-corrected chi connectivity index (χ4v) is 3.32. The number of hydrogen-bond donors (Lipinski definition) is 4. The second-order valence-corrected chi connectivity index (χ2v) is 6.33. The van der Waals surface area contributed by atoms with Crippen LogP contribution in [0.4, 0.5) is 0 Å². The molecule has 1 saturated heterocycles. The van der Waals surface area contributed by atoms with Crippen molar-refractivity contribution < 1.29 is 9.59 Å². The van der Waals surface area contributed by atoms with Crippen molar-refractivity contribution in [1.29, 1.82) is 0 Å². The molecule has 2 amide bonds. The van der Waals surface area contributed by atoms with E-state index in [0.717, 1.165) is 11.1 Å². The summed E-state index contributed by atoms with van der Waals surface area (Å²) < 4.78 is 0. The van der Waals surface area contributed by atoms with E-state index in [1.54, 1.807) is 0 Å². The summed E-state index contributed by atoms with van der Waals surface area (Å²) >= 11 is 1.35. The maximum Gasteiger partial charge on any atom is 0.280 e. The van der Waals surface area contributed by atoms with Crippen molar-refractivity contribution in [2.75, 3.05) is 0 Å². The fraction of sp³-hybridized carbons (Fsp3) is 0.250. The number of benzene rings is 1. The standard InChI is InChI=1S/C16H18N4O2S/c1-10-7-8-23-14(10)16(22)20-19-15(21)13-9-12(17-18-13)11-5-3-2-4-6-11/h2-8,12-13,17-18H,9H2,1H3,(H,19,21)(H,20,22). The molecule has 1 aliphatic rings. The van der Waals surface area contributed by atoms with E-state index in [4.69, 9.17) is 0 Å². The van der Waals surface area contributed by atoms with E-state index < -0.39 is 6.04 Å². The average Bonchev–Trinajstić information content (AvgIpc) is 3.22. The first-order valence-corrected chi connectivity index (χ1v) is 8.23. The second-order valence-electron chi connectivity index (χ2n) is 5.42. The lowest BCUT2D eigenvalue weighted by atomic mass is 10.0. The highest BCUT2D eigenvalue weighted by Gasteiger charge is 2.30. The number of carbonyl (C=O) groups excluding carboxylic acids is 2. The van der Waals surface area contributed by atoms with Gasteiger partial charge >= 0.3 is 0 Å². The molecule has 2 heterocycles. The van der Waals surface area contributed by atoms with Crippen LogP contribution in [0.15, 0.2) is 41.8 Å². The van der Waals surface area contributed by atoms with Crippen LogP contribution in [-0.2, 0) is 4.79 Å². The van der Waals surface area contributed by atoms with E-state index in [2.05, 4.69) is 21.7 Å². The number of hydrogen-bond acceptors (Lipinski definition) is 5. The Morgan fingerprint density at radius 2 is 1.91 bits per heavy atom. The van der Waals surface area contributed by atoms with Crippen LogP contribution >= 0.6 is 11.3 Å². The van der Waals surface area contributed by atoms with Gasteiger partial charge in [-0.15, -0.1) is 11.3 Å². The highest BCUT2D eigenvalue weighted by Crippen LogP contribution is 2.21. The summed E-state index contributed by atoms with van der Waals surface area (Å²) in [5.41, 5.74) is 13.0. The van der Waals surface area contributed by atoms with Gasteiger partial charge in [-0.2, -0.15) is 0 Å². The Hall–Kier alpha value is -2.22. The number of rotatable bonds is 3. The van der Waals surface area contributed by atoms with Gasteiger partial charge in [-0.3, -0.25) is 20.4 Å². The van der Waals surface area contributed by atoms with Gasteiger partial charge in [-0.05, 0) is 35.9 Å². The van der Waals surface area contributed by atoms with Crippen LogP contribution < -0.4 is 21.7 Å². The van der Waals surface area contributed by atoms with Crippen LogP contribution in [0.5, 0.6) is 0 Å². The Morgan fingerprint density at radius 1 is 1.13 bits per heavy atom. The van der Waals surface area contributed by atoms with Gasteiger partial charge in [0.15, 0.2) is 0 Å². The number of thiophene rings is 1. The SMILES string of the molecule is Cc1ccsc1C(=O)NNC(=O)C1CC(c2ccccc2)NN1. The average molecular weight is 330 g/mol. The minimum atomic E-state index is -0.398. The summed E-state index contributed by atoms with van der Waals surface area (Å²) in [4.78, 5) is 24.7. The molecule has 7 heteroatoms. The first kappa shape index (κ1) is 15.7. The summed E-state index contributed by atoms with van der Waals surface area (Å²) in [5, 5.41) is 1.85. The van der Waals surface area contributed by atoms with Crippen molar-refractivity contribution >= 4 is 23.2 Å². The van der Waals surface area contributed by atoms with E-state index in [9.17, 15) is 9.59 Å². The molecule has 2 atom stereocenters. The summed E-state index contributed by atoms with van der Waals surface area (Å²) in [6, 6.07) is 11.5. The summed E-state index contributed by atoms with van der Waals surface area (Å²) in [6.45, 7) is 1.86. The van der Waals surface area contributed by atoms with Gasteiger partial charge in [0.05, 0.1) is 4.88 Å². The predicted octanol–water partition coefficient (Wildman–Crippen LogP) is 1.43. The number of hydrazine groups is 2. The molecule has 1 aromatic heterocycles. The predicted molar refractivity (Wildman–Crippen MR) is 88.5 cm³/mol. The molecule has 0 spiro atoms. The molecule has 0 saturated carbocycles. The monoisotopic (exact) mass is 330 g/mol. The second kappa shape index (κ2) is 6.91. The Kier molecular flexibility index (Phi) is 4.71. The van der Waals surface area contributed by atoms with Gasteiger partial charge < -0.3 is 0 Å². The number of nitrogens with one attached hydrogen (secondary N) is 4. The largest absolute Gasteiger partial charge is 0.280 e. The smallest absolute Gasteiger partial charge is 0.271 e. The molecule has 3 rings (SSSR count). The van der Waals surface area contributed by atoms with Gasteiger partial charge in [-0.25, -0.2) is 10.9 Å². The zero-order valence-corrected chi connectivity index (χ0v) is 13.4. The Morgan fingerprint density at radius 3 is 2.61 bits per heavy atom. The highest BCUT2D eigenvalue weighted by molar-refractivity contribution is 7.12. The van der Waals surface area contributed by atoms with Crippen molar-refractivity contribution in [2.45, 2.75) is 25.4 Å². The maximum atomic E-state index is 12.2. The normalized spacial score (nSPS) is 20.2. The lowest BCUT2D eigenvalue weighted by molar-refractivity contribution is -0.123. The molecule has 23 heavy (non-hydrogen) atoms. The van der Waals surface area contributed by atoms with Crippen LogP contribution in [0.3, 0.4) is 0 Å². The Balaban J connectivity index is 1.52. The van der Waals surface area contributed by atoms with Crippen molar-refractivity contribution in [3.63, 3.8) is 0 Å². The molecule has 0 bridgehead atoms. The van der Waals surface area contributed by atoms with Crippen LogP contribution in [0, 0.1) is 6.92 Å². The Labute approximate surface area is 138 Å². The molecular weight excluding hydrogens is 312 g/mol. The molecule has 6 nitrogen and oxygen atoms in total. The van der Waals surface area contributed by atoms with Crippen LogP contribution in [0.25, 0.3) is 0 Å². The fourth-order valence-electron chi connectivity index (χ4n) is 2.50.